The summed E-state index contributed by atoms with van der Waals surface area (Å²) >= 11 is 0. The molecular formula is C38H58N6O7. The first-order chi connectivity index (χ1) is 23.6. The quantitative estimate of drug-likeness (QED) is 0.178. The number of fused-ring (bicyclic) bond motifs is 1. The molecule has 7 amide bonds. The van der Waals surface area contributed by atoms with Crippen molar-refractivity contribution in [2.24, 2.45) is 39.9 Å². The van der Waals surface area contributed by atoms with Crippen LogP contribution >= 0.6 is 0 Å². The zero-order valence-corrected chi connectivity index (χ0v) is 31.6. The van der Waals surface area contributed by atoms with Gasteiger partial charge in [0.2, 0.25) is 29.4 Å². The summed E-state index contributed by atoms with van der Waals surface area (Å²) in [6.07, 6.45) is 6.36. The molecule has 0 bridgehead atoms. The van der Waals surface area contributed by atoms with E-state index < -0.39 is 69.4 Å². The molecule has 2 aliphatic heterocycles. The molecule has 0 aromatic rings. The van der Waals surface area contributed by atoms with Gasteiger partial charge < -0.3 is 26.2 Å². The lowest BCUT2D eigenvalue weighted by Gasteiger charge is -2.40. The molecule has 13 nitrogen and oxygen atoms in total. The van der Waals surface area contributed by atoms with Gasteiger partial charge in [0, 0.05) is 32.0 Å². The molecule has 4 saturated carbocycles. The number of ketones is 1. The third-order valence-corrected chi connectivity index (χ3v) is 12.0. The highest BCUT2D eigenvalue weighted by Gasteiger charge is 2.66. The van der Waals surface area contributed by atoms with E-state index in [0.29, 0.717) is 18.9 Å². The van der Waals surface area contributed by atoms with Gasteiger partial charge in [-0.2, -0.15) is 0 Å². The highest BCUT2D eigenvalue weighted by atomic mass is 16.2. The summed E-state index contributed by atoms with van der Waals surface area (Å²) in [7, 11) is 0. The van der Waals surface area contributed by atoms with Gasteiger partial charge >= 0.3 is 6.03 Å². The molecule has 51 heavy (non-hydrogen) atoms. The van der Waals surface area contributed by atoms with Crippen LogP contribution in [0.15, 0.2) is 0 Å². The van der Waals surface area contributed by atoms with E-state index in [2.05, 4.69) is 21.3 Å². The SMILES string of the molecule is CC1(C)CC(=O)N(C[C@@H](NC(=O)N[C@H](C(=O)N2C[C@@H]3C[C@@H]3[C@H]2C(=O)NC2(C(=O)C(=O)NC3CC3)CC2CC2CC2)C(C)(C)C)C(C)(C)C)C(=O)C1. The normalized spacial score (nSPS) is 30.9. The maximum absolute atomic E-state index is 14.4. The average Bonchev–Trinajstić information content (AvgIpc) is 3.81. The predicted molar refractivity (Wildman–Crippen MR) is 187 cm³/mol. The number of urea groups is 1. The van der Waals surface area contributed by atoms with Gasteiger partial charge in [0.05, 0.1) is 6.04 Å². The van der Waals surface area contributed by atoms with Crippen molar-refractivity contribution in [1.82, 2.24) is 31.1 Å². The van der Waals surface area contributed by atoms with E-state index in [9.17, 15) is 33.6 Å². The fourth-order valence-corrected chi connectivity index (χ4v) is 8.14. The summed E-state index contributed by atoms with van der Waals surface area (Å²) in [6.45, 7) is 15.4. The van der Waals surface area contributed by atoms with E-state index in [1.54, 1.807) is 4.90 Å². The molecule has 0 spiro atoms. The fraction of sp³-hybridized carbons (Fsp3) is 0.816. The average molecular weight is 711 g/mol. The van der Waals surface area contributed by atoms with Gasteiger partial charge in [-0.15, -0.1) is 0 Å². The second-order valence-electron chi connectivity index (χ2n) is 19.5. The van der Waals surface area contributed by atoms with E-state index in [1.165, 1.54) is 4.90 Å². The third kappa shape index (κ3) is 8.11. The van der Waals surface area contributed by atoms with Crippen molar-refractivity contribution in [3.8, 4) is 0 Å². The fourth-order valence-electron chi connectivity index (χ4n) is 8.14. The lowest BCUT2D eigenvalue weighted by Crippen LogP contribution is -2.63. The van der Waals surface area contributed by atoms with Crippen LogP contribution in [0.3, 0.4) is 0 Å². The van der Waals surface area contributed by atoms with Crippen molar-refractivity contribution < 1.29 is 33.6 Å². The molecule has 6 aliphatic rings. The Morgan fingerprint density at radius 2 is 1.51 bits per heavy atom. The Morgan fingerprint density at radius 1 is 0.882 bits per heavy atom. The van der Waals surface area contributed by atoms with E-state index in [4.69, 9.17) is 0 Å². The molecule has 2 heterocycles. The van der Waals surface area contributed by atoms with Crippen LogP contribution < -0.4 is 21.3 Å². The molecule has 7 atom stereocenters. The van der Waals surface area contributed by atoms with E-state index >= 15 is 0 Å². The number of Topliss-reactive ketones (excluding diaryl/α,β-unsaturated/α-hetero) is 1. The van der Waals surface area contributed by atoms with E-state index in [-0.39, 0.29) is 55.0 Å². The number of likely N-dealkylation sites (tertiary alicyclic amines) is 2. The molecular weight excluding hydrogens is 652 g/mol. The molecule has 0 radical (unpaired) electrons. The number of nitrogens with one attached hydrogen (secondary N) is 4. The predicted octanol–water partition coefficient (Wildman–Crippen LogP) is 2.66. The maximum atomic E-state index is 14.4. The number of piperidine rings is 2. The number of hydrogen-bond acceptors (Lipinski definition) is 7. The number of rotatable bonds is 12. The first-order valence-corrected chi connectivity index (χ1v) is 19.0. The number of carbonyl (C=O) groups is 7. The van der Waals surface area contributed by atoms with Gasteiger partial charge in [0.15, 0.2) is 0 Å². The molecule has 4 N–H and O–H groups in total. The van der Waals surface area contributed by atoms with E-state index in [0.717, 1.165) is 38.5 Å². The number of imide groups is 1. The van der Waals surface area contributed by atoms with Gasteiger partial charge in [0.25, 0.3) is 5.91 Å². The van der Waals surface area contributed by atoms with Crippen molar-refractivity contribution in [2.75, 3.05) is 13.1 Å². The summed E-state index contributed by atoms with van der Waals surface area (Å²) in [5.74, 6) is -2.07. The zero-order valence-electron chi connectivity index (χ0n) is 31.6. The van der Waals surface area contributed by atoms with Gasteiger partial charge in [-0.3, -0.25) is 33.7 Å². The minimum absolute atomic E-state index is 0.0113. The summed E-state index contributed by atoms with van der Waals surface area (Å²) in [5.41, 5.74) is -2.94. The topological polar surface area (TPSA) is 174 Å². The third-order valence-electron chi connectivity index (χ3n) is 12.0. The Morgan fingerprint density at radius 3 is 2.06 bits per heavy atom. The number of hydrogen-bond donors (Lipinski definition) is 4. The van der Waals surface area contributed by atoms with Crippen LogP contribution in [-0.2, 0) is 28.8 Å². The number of nitrogens with zero attached hydrogens (tertiary/aromatic N) is 2. The minimum Gasteiger partial charge on any atom is -0.347 e. The van der Waals surface area contributed by atoms with Crippen LogP contribution in [-0.4, -0.2) is 93.9 Å². The van der Waals surface area contributed by atoms with Crippen LogP contribution in [0.4, 0.5) is 4.79 Å². The van der Waals surface area contributed by atoms with Gasteiger partial charge in [-0.25, -0.2) is 4.79 Å². The Kier molecular flexibility index (Phi) is 9.39. The van der Waals surface area contributed by atoms with Crippen LogP contribution in [0, 0.1) is 39.9 Å². The molecule has 13 heteroatoms. The molecule has 282 valence electrons. The molecule has 6 fully saturated rings. The maximum Gasteiger partial charge on any atom is 0.315 e. The highest BCUT2D eigenvalue weighted by Crippen LogP contribution is 2.54. The molecule has 0 aromatic carbocycles. The van der Waals surface area contributed by atoms with Crippen molar-refractivity contribution >= 4 is 41.4 Å². The molecule has 6 rings (SSSR count). The lowest BCUT2D eigenvalue weighted by molar-refractivity contribution is -0.153. The van der Waals surface area contributed by atoms with Crippen LogP contribution in [0.5, 0.6) is 0 Å². The van der Waals surface area contributed by atoms with Crippen molar-refractivity contribution in [3.63, 3.8) is 0 Å². The van der Waals surface area contributed by atoms with Crippen LogP contribution in [0.25, 0.3) is 0 Å². The largest absolute Gasteiger partial charge is 0.347 e. The van der Waals surface area contributed by atoms with E-state index in [1.807, 2.05) is 55.4 Å². The zero-order chi connectivity index (χ0) is 37.4. The summed E-state index contributed by atoms with van der Waals surface area (Å²) < 4.78 is 0. The monoisotopic (exact) mass is 710 g/mol. The van der Waals surface area contributed by atoms with Gasteiger partial charge in [0.1, 0.15) is 17.6 Å². The Bertz CT molecular complexity index is 1480. The smallest absolute Gasteiger partial charge is 0.315 e. The van der Waals surface area contributed by atoms with Gasteiger partial charge in [-0.05, 0) is 72.0 Å². The summed E-state index contributed by atoms with van der Waals surface area (Å²) in [5, 5.41) is 11.6. The lowest BCUT2D eigenvalue weighted by atomic mass is 9.80. The number of carbonyl (C=O) groups excluding carboxylic acids is 7. The molecule has 4 aliphatic carbocycles. The minimum atomic E-state index is -1.24. The van der Waals surface area contributed by atoms with Gasteiger partial charge in [-0.1, -0.05) is 68.2 Å². The molecule has 2 saturated heterocycles. The van der Waals surface area contributed by atoms with Crippen LogP contribution in [0.1, 0.15) is 113 Å². The second-order valence-corrected chi connectivity index (χ2v) is 19.5. The second kappa shape index (κ2) is 12.9. The first-order valence-electron chi connectivity index (χ1n) is 19.0. The molecule has 2 unspecified atom stereocenters. The van der Waals surface area contributed by atoms with Crippen molar-refractivity contribution in [2.45, 2.75) is 143 Å². The van der Waals surface area contributed by atoms with Crippen LogP contribution in [0.2, 0.25) is 0 Å². The standard InChI is InChI=1S/C38H58N6O7/c1-35(2,3)25(19-43-26(45)16-37(7,8)17-27(43)46)40-34(51)41-29(36(4,5)6)33(50)44-18-21-14-24(21)28(44)31(48)42-38(15-22(38)13-20-9-10-20)30(47)32(49)39-23-11-12-23/h20-25,28-29H,9-19H2,1-8H3,(H,39,49)(H,42,48)(H2,40,41,51)/t21-,22?,24-,25+,28-,29+,38?/m0/s1. The Labute approximate surface area is 301 Å². The highest BCUT2D eigenvalue weighted by molar-refractivity contribution is 6.41. The van der Waals surface area contributed by atoms with Crippen molar-refractivity contribution in [3.05, 3.63) is 0 Å². The first kappa shape index (κ1) is 37.3. The summed E-state index contributed by atoms with van der Waals surface area (Å²) in [4.78, 5) is 97.4. The number of amides is 7. The summed E-state index contributed by atoms with van der Waals surface area (Å²) in [6, 6.07) is -3.01. The molecule has 0 aromatic heterocycles. The van der Waals surface area contributed by atoms with Crippen molar-refractivity contribution in [1.29, 1.82) is 0 Å². The Hall–Kier alpha value is -3.51. The Balaban J connectivity index is 1.15.